The highest BCUT2D eigenvalue weighted by Crippen LogP contribution is 2.25. The molecule has 10 heteroatoms. The predicted molar refractivity (Wildman–Crippen MR) is 123 cm³/mol. The minimum Gasteiger partial charge on any atom is -0.389 e. The molecule has 0 bridgehead atoms. The van der Waals surface area contributed by atoms with Crippen molar-refractivity contribution in [3.63, 3.8) is 0 Å². The van der Waals surface area contributed by atoms with Gasteiger partial charge in [0.25, 0.3) is 0 Å². The number of aromatic nitrogens is 1. The van der Waals surface area contributed by atoms with Gasteiger partial charge in [-0.05, 0) is 43.7 Å². The SMILES string of the molecule is Cl.O[C@H]1[C@H](O)[C@@H](O)CN(CCCCCCOCc2cnc(-c3ccc(F)cc3)s2)C[C@@H]1O. The van der Waals surface area contributed by atoms with Crippen LogP contribution in [0.1, 0.15) is 30.6 Å². The second-order valence-electron chi connectivity index (χ2n) is 7.98. The van der Waals surface area contributed by atoms with Crippen molar-refractivity contribution in [2.45, 2.75) is 56.7 Å². The van der Waals surface area contributed by atoms with Crippen molar-refractivity contribution < 1.29 is 29.6 Å². The number of halogens is 2. The van der Waals surface area contributed by atoms with Gasteiger partial charge in [-0.15, -0.1) is 23.7 Å². The second kappa shape index (κ2) is 13.5. The molecule has 0 saturated carbocycles. The molecule has 2 heterocycles. The summed E-state index contributed by atoms with van der Waals surface area (Å²) in [5.74, 6) is -0.261. The zero-order valence-electron chi connectivity index (χ0n) is 17.8. The van der Waals surface area contributed by atoms with Crippen molar-refractivity contribution in [1.82, 2.24) is 9.88 Å². The zero-order chi connectivity index (χ0) is 22.2. The molecule has 32 heavy (non-hydrogen) atoms. The van der Waals surface area contributed by atoms with Crippen molar-refractivity contribution in [3.8, 4) is 10.6 Å². The molecule has 180 valence electrons. The van der Waals surface area contributed by atoms with Crippen LogP contribution in [0.15, 0.2) is 30.5 Å². The first-order valence-corrected chi connectivity index (χ1v) is 11.5. The first-order chi connectivity index (χ1) is 14.9. The highest BCUT2D eigenvalue weighted by molar-refractivity contribution is 7.15. The van der Waals surface area contributed by atoms with Crippen LogP contribution in [0.5, 0.6) is 0 Å². The highest BCUT2D eigenvalue weighted by atomic mass is 35.5. The Kier molecular flexibility index (Phi) is 11.4. The molecule has 0 spiro atoms. The first kappa shape index (κ1) is 27.1. The number of likely N-dealkylation sites (tertiary alicyclic amines) is 1. The molecule has 0 aliphatic carbocycles. The maximum absolute atomic E-state index is 13.0. The summed E-state index contributed by atoms with van der Waals surface area (Å²) in [5.41, 5.74) is 0.895. The molecule has 1 aliphatic heterocycles. The molecule has 1 aliphatic rings. The Morgan fingerprint density at radius 2 is 1.59 bits per heavy atom. The molecule has 0 radical (unpaired) electrons. The predicted octanol–water partition coefficient (Wildman–Crippen LogP) is 2.21. The number of thiazole rings is 1. The summed E-state index contributed by atoms with van der Waals surface area (Å²) in [7, 11) is 0. The number of aliphatic hydroxyl groups is 4. The van der Waals surface area contributed by atoms with E-state index in [1.54, 1.807) is 29.7 Å². The van der Waals surface area contributed by atoms with Crippen LogP contribution in [0.25, 0.3) is 10.6 Å². The van der Waals surface area contributed by atoms with Gasteiger partial charge in [-0.2, -0.15) is 0 Å². The summed E-state index contributed by atoms with van der Waals surface area (Å²) in [6, 6.07) is 6.29. The molecular weight excluding hydrogens is 459 g/mol. The van der Waals surface area contributed by atoms with Crippen LogP contribution in [0.3, 0.4) is 0 Å². The maximum Gasteiger partial charge on any atom is 0.123 e. The van der Waals surface area contributed by atoms with E-state index in [-0.39, 0.29) is 31.3 Å². The molecule has 7 nitrogen and oxygen atoms in total. The van der Waals surface area contributed by atoms with Crippen LogP contribution in [0.2, 0.25) is 0 Å². The Hall–Kier alpha value is -1.17. The maximum atomic E-state index is 13.0. The number of aliphatic hydroxyl groups excluding tert-OH is 4. The van der Waals surface area contributed by atoms with Gasteiger partial charge in [0.1, 0.15) is 23.0 Å². The van der Waals surface area contributed by atoms with Crippen LogP contribution in [0.4, 0.5) is 4.39 Å². The van der Waals surface area contributed by atoms with E-state index in [0.717, 1.165) is 41.1 Å². The van der Waals surface area contributed by atoms with E-state index in [2.05, 4.69) is 4.98 Å². The summed E-state index contributed by atoms with van der Waals surface area (Å²) in [6.45, 7) is 2.35. The standard InChI is InChI=1S/C22H31FN2O5S.ClH/c23-16-7-5-15(6-8-16)22-24-11-17(31-22)14-30-10-4-2-1-3-9-25-12-18(26)20(28)21(29)19(27)13-25;/h5-8,11,18-21,26-29H,1-4,9-10,12-14H2;1H/t18-,19-,20+,21+;/m0./s1. The lowest BCUT2D eigenvalue weighted by molar-refractivity contribution is -0.0894. The van der Waals surface area contributed by atoms with E-state index < -0.39 is 24.4 Å². The molecule has 2 aromatic rings. The summed E-state index contributed by atoms with van der Waals surface area (Å²) < 4.78 is 18.7. The molecule has 0 unspecified atom stereocenters. The molecular formula is C22H32ClFN2O5S. The van der Waals surface area contributed by atoms with Crippen LogP contribution >= 0.6 is 23.7 Å². The number of benzene rings is 1. The molecule has 1 saturated heterocycles. The summed E-state index contributed by atoms with van der Waals surface area (Å²) in [5, 5.41) is 40.1. The zero-order valence-corrected chi connectivity index (χ0v) is 19.5. The van der Waals surface area contributed by atoms with Gasteiger partial charge in [-0.25, -0.2) is 9.37 Å². The largest absolute Gasteiger partial charge is 0.389 e. The molecule has 4 atom stereocenters. The Labute approximate surface area is 197 Å². The van der Waals surface area contributed by atoms with Gasteiger partial charge in [-0.3, -0.25) is 4.90 Å². The molecule has 4 N–H and O–H groups in total. The van der Waals surface area contributed by atoms with Crippen LogP contribution in [-0.2, 0) is 11.3 Å². The fraction of sp³-hybridized carbons (Fsp3) is 0.591. The number of unbranched alkanes of at least 4 members (excludes halogenated alkanes) is 3. The van der Waals surface area contributed by atoms with Gasteiger partial charge in [0.2, 0.25) is 0 Å². The number of nitrogens with zero attached hydrogens (tertiary/aromatic N) is 2. The molecule has 1 aromatic heterocycles. The van der Waals surface area contributed by atoms with Crippen LogP contribution in [-0.4, -0.2) is 81.0 Å². The van der Waals surface area contributed by atoms with Gasteiger partial charge in [0.05, 0.1) is 23.7 Å². The summed E-state index contributed by atoms with van der Waals surface area (Å²) in [6.07, 6.45) is 0.881. The number of rotatable bonds is 10. The Balaban J connectivity index is 0.00000363. The summed E-state index contributed by atoms with van der Waals surface area (Å²) in [4.78, 5) is 7.28. The topological polar surface area (TPSA) is 106 Å². The lowest BCUT2D eigenvalue weighted by Gasteiger charge is -2.23. The van der Waals surface area contributed by atoms with Crippen molar-refractivity contribution in [1.29, 1.82) is 0 Å². The minimum absolute atomic E-state index is 0. The van der Waals surface area contributed by atoms with Crippen molar-refractivity contribution in [3.05, 3.63) is 41.2 Å². The highest BCUT2D eigenvalue weighted by Gasteiger charge is 2.35. The van der Waals surface area contributed by atoms with E-state index in [1.165, 1.54) is 12.1 Å². The van der Waals surface area contributed by atoms with Gasteiger partial charge in [-0.1, -0.05) is 12.8 Å². The first-order valence-electron chi connectivity index (χ1n) is 10.7. The number of β-amino-alcohol motifs (C(OH)–C–C–N with tert-alkyl or cyclic N) is 2. The molecule has 0 amide bonds. The lowest BCUT2D eigenvalue weighted by Crippen LogP contribution is -2.43. The molecule has 1 aromatic carbocycles. The van der Waals surface area contributed by atoms with Gasteiger partial charge in [0.15, 0.2) is 0 Å². The van der Waals surface area contributed by atoms with Gasteiger partial charge in [0, 0.05) is 31.5 Å². The fourth-order valence-electron chi connectivity index (χ4n) is 3.62. The average molecular weight is 491 g/mol. The van der Waals surface area contributed by atoms with Crippen LogP contribution in [0, 0.1) is 5.82 Å². The fourth-order valence-corrected chi connectivity index (χ4v) is 4.48. The number of ether oxygens (including phenoxy) is 1. The van der Waals surface area contributed by atoms with E-state index in [0.29, 0.717) is 19.8 Å². The number of hydrogen-bond donors (Lipinski definition) is 4. The Morgan fingerprint density at radius 1 is 0.969 bits per heavy atom. The van der Waals surface area contributed by atoms with Crippen molar-refractivity contribution >= 4 is 23.7 Å². The molecule has 3 rings (SSSR count). The third-order valence-corrected chi connectivity index (χ3v) is 6.45. The van der Waals surface area contributed by atoms with E-state index >= 15 is 0 Å². The summed E-state index contributed by atoms with van der Waals surface area (Å²) >= 11 is 1.54. The molecule has 1 fully saturated rings. The normalized spacial score (nSPS) is 24.2. The van der Waals surface area contributed by atoms with Gasteiger partial charge >= 0.3 is 0 Å². The third-order valence-electron chi connectivity index (χ3n) is 5.43. The Morgan fingerprint density at radius 3 is 2.25 bits per heavy atom. The second-order valence-corrected chi connectivity index (χ2v) is 9.10. The number of hydrogen-bond acceptors (Lipinski definition) is 8. The smallest absolute Gasteiger partial charge is 0.123 e. The van der Waals surface area contributed by atoms with E-state index in [1.807, 2.05) is 4.90 Å². The minimum atomic E-state index is -1.32. The van der Waals surface area contributed by atoms with E-state index in [9.17, 15) is 24.8 Å². The lowest BCUT2D eigenvalue weighted by atomic mass is 10.1. The van der Waals surface area contributed by atoms with Crippen molar-refractivity contribution in [2.24, 2.45) is 0 Å². The van der Waals surface area contributed by atoms with E-state index in [4.69, 9.17) is 4.74 Å². The third kappa shape index (κ3) is 8.00. The van der Waals surface area contributed by atoms with Gasteiger partial charge < -0.3 is 25.2 Å². The average Bonchev–Trinajstić information content (AvgIpc) is 3.20. The Bertz CT molecular complexity index is 781. The van der Waals surface area contributed by atoms with Crippen molar-refractivity contribution in [2.75, 3.05) is 26.2 Å². The van der Waals surface area contributed by atoms with Crippen LogP contribution < -0.4 is 0 Å². The quantitative estimate of drug-likeness (QED) is 0.378. The monoisotopic (exact) mass is 490 g/mol.